The van der Waals surface area contributed by atoms with Crippen molar-refractivity contribution in [1.29, 1.82) is 0 Å². The van der Waals surface area contributed by atoms with Crippen LogP contribution in [0.4, 0.5) is 17.1 Å². The van der Waals surface area contributed by atoms with Gasteiger partial charge in [0.25, 0.3) is 11.8 Å². The number of rotatable bonds is 11. The molecule has 252 valence electrons. The molecule has 0 radical (unpaired) electrons. The van der Waals surface area contributed by atoms with Crippen LogP contribution in [0.25, 0.3) is 16.8 Å². The largest absolute Gasteiger partial charge is 0.326 e. The van der Waals surface area contributed by atoms with Gasteiger partial charge < -0.3 is 21.3 Å². The number of thioether (sulfide) groups is 1. The van der Waals surface area contributed by atoms with Gasteiger partial charge in [-0.05, 0) is 82.6 Å². The monoisotopic (exact) mass is 690 g/mol. The Kier molecular flexibility index (Phi) is 11.0. The van der Waals surface area contributed by atoms with Crippen LogP contribution in [0.1, 0.15) is 33.7 Å². The van der Waals surface area contributed by atoms with Gasteiger partial charge in [-0.3, -0.25) is 19.2 Å². The van der Waals surface area contributed by atoms with E-state index in [9.17, 15) is 19.2 Å². The van der Waals surface area contributed by atoms with Crippen LogP contribution in [0.2, 0.25) is 0 Å². The highest BCUT2D eigenvalue weighted by atomic mass is 32.2. The van der Waals surface area contributed by atoms with Crippen molar-refractivity contribution in [2.24, 2.45) is 0 Å². The molecule has 4 amide bonds. The predicted molar refractivity (Wildman–Crippen MR) is 205 cm³/mol. The molecule has 8 nitrogen and oxygen atoms in total. The van der Waals surface area contributed by atoms with Gasteiger partial charge in [0.1, 0.15) is 10.9 Å². The first kappa shape index (κ1) is 34.4. The third-order valence-corrected chi connectivity index (χ3v) is 9.06. The Bertz CT molecular complexity index is 2220. The molecule has 1 atom stereocenters. The first-order chi connectivity index (χ1) is 24.8. The Balaban J connectivity index is 1.24. The van der Waals surface area contributed by atoms with Crippen LogP contribution in [0.3, 0.4) is 0 Å². The Morgan fingerprint density at radius 1 is 0.608 bits per heavy atom. The summed E-state index contributed by atoms with van der Waals surface area (Å²) in [6.07, 6.45) is 1.68. The molecule has 0 saturated carbocycles. The predicted octanol–water partition coefficient (Wildman–Crippen LogP) is 8.68. The maximum Gasteiger partial charge on any atom is 0.272 e. The third kappa shape index (κ3) is 9.17. The highest BCUT2D eigenvalue weighted by Gasteiger charge is 2.23. The Hall–Kier alpha value is -6.45. The number of carbonyl (C=O) groups is 4. The standard InChI is InChI=1S/C42H34N4O4S/c1-28(47)43-33-22-24-34(25-23-33)44-42(50)39(30-13-4-2-5-14-30)51-36-20-11-19-35(27-36)45-41(49)38(46-40(48)31-15-6-3-7-16-31)26-32-18-10-17-29-12-8-9-21-37(29)32/h2-27,39H,1H3,(H,43,47)(H,44,50)(H,45,49)(H,46,48)/b38-26+. The van der Waals surface area contributed by atoms with Crippen molar-refractivity contribution in [2.45, 2.75) is 17.1 Å². The molecule has 0 fully saturated rings. The molecule has 6 rings (SSSR count). The molecule has 1 unspecified atom stereocenters. The smallest absolute Gasteiger partial charge is 0.272 e. The highest BCUT2D eigenvalue weighted by Crippen LogP contribution is 2.37. The van der Waals surface area contributed by atoms with Gasteiger partial charge in [0.15, 0.2) is 0 Å². The van der Waals surface area contributed by atoms with E-state index in [-0.39, 0.29) is 17.5 Å². The lowest BCUT2D eigenvalue weighted by atomic mass is 10.0. The van der Waals surface area contributed by atoms with Crippen molar-refractivity contribution in [2.75, 3.05) is 16.0 Å². The number of hydrogen-bond donors (Lipinski definition) is 4. The lowest BCUT2D eigenvalue weighted by Gasteiger charge is -2.18. The van der Waals surface area contributed by atoms with E-state index in [0.29, 0.717) is 22.6 Å². The summed E-state index contributed by atoms with van der Waals surface area (Å²) in [4.78, 5) is 53.0. The second kappa shape index (κ2) is 16.3. The molecule has 0 aliphatic rings. The van der Waals surface area contributed by atoms with Crippen molar-refractivity contribution in [1.82, 2.24) is 5.32 Å². The van der Waals surface area contributed by atoms with E-state index < -0.39 is 17.1 Å². The van der Waals surface area contributed by atoms with Gasteiger partial charge in [-0.15, -0.1) is 11.8 Å². The molecule has 9 heteroatoms. The Morgan fingerprint density at radius 3 is 1.96 bits per heavy atom. The molecule has 0 spiro atoms. The minimum Gasteiger partial charge on any atom is -0.326 e. The summed E-state index contributed by atoms with van der Waals surface area (Å²) < 4.78 is 0. The minimum absolute atomic E-state index is 0.0734. The summed E-state index contributed by atoms with van der Waals surface area (Å²) in [5.41, 5.74) is 3.77. The van der Waals surface area contributed by atoms with Crippen LogP contribution in [-0.4, -0.2) is 23.6 Å². The summed E-state index contributed by atoms with van der Waals surface area (Å²) in [6.45, 7) is 1.43. The average Bonchev–Trinajstić information content (AvgIpc) is 3.15. The Morgan fingerprint density at radius 2 is 1.24 bits per heavy atom. The van der Waals surface area contributed by atoms with Crippen LogP contribution in [0, 0.1) is 0 Å². The molecule has 6 aromatic carbocycles. The third-order valence-electron chi connectivity index (χ3n) is 7.81. The second-order valence-corrected chi connectivity index (χ2v) is 12.8. The molecule has 51 heavy (non-hydrogen) atoms. The van der Waals surface area contributed by atoms with Gasteiger partial charge in [-0.1, -0.05) is 97.1 Å². The molecule has 0 aromatic heterocycles. The van der Waals surface area contributed by atoms with E-state index >= 15 is 0 Å². The molecular formula is C42H34N4O4S. The number of nitrogens with one attached hydrogen (secondary N) is 4. The van der Waals surface area contributed by atoms with Gasteiger partial charge in [0.2, 0.25) is 11.8 Å². The van der Waals surface area contributed by atoms with E-state index in [0.717, 1.165) is 26.8 Å². The zero-order valence-electron chi connectivity index (χ0n) is 27.6. The first-order valence-electron chi connectivity index (χ1n) is 16.2. The first-order valence-corrected chi connectivity index (χ1v) is 17.1. The van der Waals surface area contributed by atoms with Crippen molar-refractivity contribution >= 4 is 69.3 Å². The summed E-state index contributed by atoms with van der Waals surface area (Å²) >= 11 is 1.34. The van der Waals surface area contributed by atoms with Crippen LogP contribution in [0.15, 0.2) is 162 Å². The molecule has 0 bridgehead atoms. The summed E-state index contributed by atoms with van der Waals surface area (Å²) in [7, 11) is 0. The van der Waals surface area contributed by atoms with Crippen LogP contribution in [-0.2, 0) is 14.4 Å². The summed E-state index contributed by atoms with van der Waals surface area (Å²) in [6, 6.07) is 45.9. The lowest BCUT2D eigenvalue weighted by molar-refractivity contribution is -0.116. The van der Waals surface area contributed by atoms with Crippen LogP contribution >= 0.6 is 11.8 Å². The average molecular weight is 691 g/mol. The van der Waals surface area contributed by atoms with E-state index in [1.54, 1.807) is 72.8 Å². The molecule has 0 aliphatic heterocycles. The maximum absolute atomic E-state index is 13.9. The quantitative estimate of drug-likeness (QED) is 0.0802. The molecule has 0 heterocycles. The number of hydrogen-bond acceptors (Lipinski definition) is 5. The highest BCUT2D eigenvalue weighted by molar-refractivity contribution is 8.00. The number of amides is 4. The van der Waals surface area contributed by atoms with Crippen molar-refractivity contribution in [3.8, 4) is 0 Å². The van der Waals surface area contributed by atoms with Gasteiger partial charge in [0, 0.05) is 34.4 Å². The zero-order chi connectivity index (χ0) is 35.6. The normalized spacial score (nSPS) is 11.7. The van der Waals surface area contributed by atoms with Gasteiger partial charge in [-0.2, -0.15) is 0 Å². The second-order valence-electron chi connectivity index (χ2n) is 11.6. The van der Waals surface area contributed by atoms with E-state index in [2.05, 4.69) is 21.3 Å². The zero-order valence-corrected chi connectivity index (χ0v) is 28.4. The number of fused-ring (bicyclic) bond motifs is 1. The topological polar surface area (TPSA) is 116 Å². The van der Waals surface area contributed by atoms with Crippen molar-refractivity contribution in [3.05, 3.63) is 174 Å². The van der Waals surface area contributed by atoms with Gasteiger partial charge in [0.05, 0.1) is 0 Å². The number of carbonyl (C=O) groups excluding carboxylic acids is 4. The van der Waals surface area contributed by atoms with E-state index in [4.69, 9.17) is 0 Å². The SMILES string of the molecule is CC(=O)Nc1ccc(NC(=O)C(Sc2cccc(NC(=O)/C(=C\c3cccc4ccccc34)NC(=O)c3ccccc3)c2)c2ccccc2)cc1. The maximum atomic E-state index is 13.9. The van der Waals surface area contributed by atoms with Crippen molar-refractivity contribution < 1.29 is 19.2 Å². The van der Waals surface area contributed by atoms with Crippen LogP contribution in [0.5, 0.6) is 0 Å². The Labute approximate surface area is 300 Å². The van der Waals surface area contributed by atoms with E-state index in [1.807, 2.05) is 84.9 Å². The fourth-order valence-electron chi connectivity index (χ4n) is 5.40. The van der Waals surface area contributed by atoms with E-state index in [1.165, 1.54) is 18.7 Å². The molecule has 4 N–H and O–H groups in total. The fraction of sp³-hybridized carbons (Fsp3) is 0.0476. The molecule has 0 aliphatic carbocycles. The molecular weight excluding hydrogens is 657 g/mol. The lowest BCUT2D eigenvalue weighted by Crippen LogP contribution is -2.30. The molecule has 0 saturated heterocycles. The van der Waals surface area contributed by atoms with Crippen LogP contribution < -0.4 is 21.3 Å². The number of benzene rings is 6. The molecule has 6 aromatic rings. The van der Waals surface area contributed by atoms with Crippen molar-refractivity contribution in [3.63, 3.8) is 0 Å². The summed E-state index contributed by atoms with van der Waals surface area (Å²) in [5, 5.41) is 12.8. The number of anilines is 3. The fourth-order valence-corrected chi connectivity index (χ4v) is 6.49. The van der Waals surface area contributed by atoms with Gasteiger partial charge in [-0.25, -0.2) is 0 Å². The minimum atomic E-state index is -0.626. The van der Waals surface area contributed by atoms with Gasteiger partial charge >= 0.3 is 0 Å². The summed E-state index contributed by atoms with van der Waals surface area (Å²) in [5.74, 6) is -1.34.